The highest BCUT2D eigenvalue weighted by molar-refractivity contribution is 6.04. The van der Waals surface area contributed by atoms with Crippen molar-refractivity contribution in [2.45, 2.75) is 0 Å². The Hall–Kier alpha value is -2.76. The Morgan fingerprint density at radius 2 is 2.00 bits per heavy atom. The maximum atomic E-state index is 13.0. The number of hydrogen-bond donors (Lipinski definition) is 1. The van der Waals surface area contributed by atoms with Crippen molar-refractivity contribution in [1.29, 1.82) is 0 Å². The molecule has 102 valence electrons. The van der Waals surface area contributed by atoms with E-state index in [-0.39, 0.29) is 16.9 Å². The van der Waals surface area contributed by atoms with Gasteiger partial charge in [0.15, 0.2) is 0 Å². The molecule has 2 aromatic rings. The fourth-order valence-corrected chi connectivity index (χ4v) is 1.56. The van der Waals surface area contributed by atoms with Crippen LogP contribution in [0.25, 0.3) is 0 Å². The number of ether oxygens (including phenoxy) is 1. The summed E-state index contributed by atoms with van der Waals surface area (Å²) < 4.78 is 17.6. The van der Waals surface area contributed by atoms with Crippen molar-refractivity contribution in [2.75, 3.05) is 12.4 Å². The largest absolute Gasteiger partial charge is 0.465 e. The summed E-state index contributed by atoms with van der Waals surface area (Å²) in [6.45, 7) is 0. The summed E-state index contributed by atoms with van der Waals surface area (Å²) in [5.74, 6) is -1.37. The van der Waals surface area contributed by atoms with Crippen LogP contribution < -0.4 is 5.32 Å². The number of methoxy groups -OCH3 is 1. The number of rotatable bonds is 3. The predicted octanol–water partition coefficient (Wildman–Crippen LogP) is 2.26. The van der Waals surface area contributed by atoms with E-state index >= 15 is 0 Å². The number of anilines is 1. The minimum Gasteiger partial charge on any atom is -0.465 e. The normalized spacial score (nSPS) is 9.90. The van der Waals surface area contributed by atoms with Gasteiger partial charge in [-0.05, 0) is 30.3 Å². The van der Waals surface area contributed by atoms with E-state index in [1.54, 1.807) is 0 Å². The number of nitrogens with one attached hydrogen (secondary N) is 1. The lowest BCUT2D eigenvalue weighted by Gasteiger charge is -2.06. The number of esters is 1. The van der Waals surface area contributed by atoms with Gasteiger partial charge in [-0.25, -0.2) is 14.2 Å². The first-order valence-corrected chi connectivity index (χ1v) is 5.71. The average molecular weight is 274 g/mol. The molecule has 20 heavy (non-hydrogen) atoms. The summed E-state index contributed by atoms with van der Waals surface area (Å²) >= 11 is 0. The van der Waals surface area contributed by atoms with Gasteiger partial charge < -0.3 is 10.1 Å². The van der Waals surface area contributed by atoms with Crippen molar-refractivity contribution in [3.63, 3.8) is 0 Å². The number of nitrogens with zero attached hydrogens (tertiary/aromatic N) is 1. The van der Waals surface area contributed by atoms with E-state index in [0.717, 1.165) is 6.07 Å². The number of carbonyl (C=O) groups excluding carboxylic acids is 2. The molecule has 0 aliphatic carbocycles. The molecule has 0 saturated heterocycles. The number of pyridine rings is 1. The molecule has 0 aliphatic rings. The maximum Gasteiger partial charge on any atom is 0.338 e. The molecular formula is C14H11FN2O3. The Bertz CT molecular complexity index is 658. The van der Waals surface area contributed by atoms with Gasteiger partial charge in [-0.15, -0.1) is 0 Å². The second-order valence-electron chi connectivity index (χ2n) is 3.89. The van der Waals surface area contributed by atoms with Crippen LogP contribution in [0, 0.1) is 5.82 Å². The van der Waals surface area contributed by atoms with Crippen LogP contribution in [0.15, 0.2) is 42.6 Å². The van der Waals surface area contributed by atoms with E-state index in [9.17, 15) is 14.0 Å². The molecule has 2 rings (SSSR count). The highest BCUT2D eigenvalue weighted by Crippen LogP contribution is 2.11. The van der Waals surface area contributed by atoms with Crippen LogP contribution in [0.5, 0.6) is 0 Å². The summed E-state index contributed by atoms with van der Waals surface area (Å²) in [4.78, 5) is 27.1. The topological polar surface area (TPSA) is 68.3 Å². The minimum atomic E-state index is -0.534. The zero-order valence-corrected chi connectivity index (χ0v) is 10.6. The second-order valence-corrected chi connectivity index (χ2v) is 3.89. The Labute approximate surface area is 114 Å². The summed E-state index contributed by atoms with van der Waals surface area (Å²) in [5, 5.41) is 2.48. The number of benzene rings is 1. The van der Waals surface area contributed by atoms with Gasteiger partial charge in [-0.2, -0.15) is 0 Å². The SMILES string of the molecule is COC(=O)c1ccnc(NC(=O)c2cccc(F)c2)c1. The van der Waals surface area contributed by atoms with E-state index in [1.165, 1.54) is 43.6 Å². The van der Waals surface area contributed by atoms with Gasteiger partial charge >= 0.3 is 5.97 Å². The molecule has 5 nitrogen and oxygen atoms in total. The lowest BCUT2D eigenvalue weighted by molar-refractivity contribution is 0.0600. The van der Waals surface area contributed by atoms with Crippen LogP contribution >= 0.6 is 0 Å². The van der Waals surface area contributed by atoms with Crippen LogP contribution in [0.2, 0.25) is 0 Å². The van der Waals surface area contributed by atoms with Gasteiger partial charge in [-0.3, -0.25) is 4.79 Å². The van der Waals surface area contributed by atoms with E-state index in [0.29, 0.717) is 0 Å². The molecule has 0 unspecified atom stereocenters. The van der Waals surface area contributed by atoms with Gasteiger partial charge in [0, 0.05) is 11.8 Å². The highest BCUT2D eigenvalue weighted by Gasteiger charge is 2.10. The van der Waals surface area contributed by atoms with Crippen molar-refractivity contribution >= 4 is 17.7 Å². The molecule has 0 fully saturated rings. The molecular weight excluding hydrogens is 263 g/mol. The standard InChI is InChI=1S/C14H11FN2O3/c1-20-14(19)10-5-6-16-12(8-10)17-13(18)9-3-2-4-11(15)7-9/h2-8H,1H3,(H,16,17,18). The summed E-state index contributed by atoms with van der Waals surface area (Å²) in [5.41, 5.74) is 0.423. The van der Waals surface area contributed by atoms with Crippen molar-refractivity contribution in [3.8, 4) is 0 Å². The predicted molar refractivity (Wildman–Crippen MR) is 69.9 cm³/mol. The lowest BCUT2D eigenvalue weighted by Crippen LogP contribution is -2.14. The smallest absolute Gasteiger partial charge is 0.338 e. The van der Waals surface area contributed by atoms with Crippen LogP contribution in [-0.2, 0) is 4.74 Å². The first kappa shape index (κ1) is 13.7. The molecule has 0 spiro atoms. The zero-order chi connectivity index (χ0) is 14.5. The monoisotopic (exact) mass is 274 g/mol. The van der Waals surface area contributed by atoms with Gasteiger partial charge in [0.1, 0.15) is 11.6 Å². The fourth-order valence-electron chi connectivity index (χ4n) is 1.56. The van der Waals surface area contributed by atoms with E-state index in [4.69, 9.17) is 0 Å². The molecule has 0 radical (unpaired) electrons. The molecule has 0 aliphatic heterocycles. The van der Waals surface area contributed by atoms with Crippen LogP contribution in [0.1, 0.15) is 20.7 Å². The van der Waals surface area contributed by atoms with Gasteiger partial charge in [-0.1, -0.05) is 6.07 Å². The third-order valence-electron chi connectivity index (χ3n) is 2.51. The molecule has 1 N–H and O–H groups in total. The van der Waals surface area contributed by atoms with E-state index in [1.807, 2.05) is 0 Å². The van der Waals surface area contributed by atoms with Crippen LogP contribution in [0.4, 0.5) is 10.2 Å². The summed E-state index contributed by atoms with van der Waals surface area (Å²) in [7, 11) is 1.26. The Balaban J connectivity index is 2.18. The van der Waals surface area contributed by atoms with Crippen molar-refractivity contribution in [2.24, 2.45) is 0 Å². The van der Waals surface area contributed by atoms with Crippen molar-refractivity contribution < 1.29 is 18.7 Å². The van der Waals surface area contributed by atoms with E-state index < -0.39 is 17.7 Å². The molecule has 0 atom stereocenters. The number of hydrogen-bond acceptors (Lipinski definition) is 4. The molecule has 0 saturated carbocycles. The summed E-state index contributed by atoms with van der Waals surface area (Å²) in [6, 6.07) is 8.10. The van der Waals surface area contributed by atoms with E-state index in [2.05, 4.69) is 15.0 Å². The third kappa shape index (κ3) is 3.17. The minimum absolute atomic E-state index is 0.162. The molecule has 1 heterocycles. The molecule has 1 aromatic carbocycles. The third-order valence-corrected chi connectivity index (χ3v) is 2.51. The lowest BCUT2D eigenvalue weighted by atomic mass is 10.2. The number of halogens is 1. The van der Waals surface area contributed by atoms with Gasteiger partial charge in [0.25, 0.3) is 5.91 Å². The Morgan fingerprint density at radius 1 is 1.20 bits per heavy atom. The Morgan fingerprint density at radius 3 is 2.70 bits per heavy atom. The van der Waals surface area contributed by atoms with Crippen LogP contribution in [0.3, 0.4) is 0 Å². The Kier molecular flexibility index (Phi) is 4.05. The fraction of sp³-hybridized carbons (Fsp3) is 0.0714. The number of carbonyl (C=O) groups is 2. The highest BCUT2D eigenvalue weighted by atomic mass is 19.1. The second kappa shape index (κ2) is 5.92. The molecule has 1 aromatic heterocycles. The van der Waals surface area contributed by atoms with Crippen molar-refractivity contribution in [3.05, 3.63) is 59.5 Å². The first-order chi connectivity index (χ1) is 9.60. The quantitative estimate of drug-likeness (QED) is 0.872. The zero-order valence-electron chi connectivity index (χ0n) is 10.6. The maximum absolute atomic E-state index is 13.0. The molecule has 6 heteroatoms. The molecule has 1 amide bonds. The molecule has 0 bridgehead atoms. The first-order valence-electron chi connectivity index (χ1n) is 5.71. The average Bonchev–Trinajstić information content (AvgIpc) is 2.46. The van der Waals surface area contributed by atoms with Crippen molar-refractivity contribution in [1.82, 2.24) is 4.98 Å². The van der Waals surface area contributed by atoms with Crippen LogP contribution in [-0.4, -0.2) is 24.0 Å². The van der Waals surface area contributed by atoms with Gasteiger partial charge in [0.05, 0.1) is 12.7 Å². The number of aromatic nitrogens is 1. The van der Waals surface area contributed by atoms with Gasteiger partial charge in [0.2, 0.25) is 0 Å². The number of amides is 1. The summed E-state index contributed by atoms with van der Waals surface area (Å²) in [6.07, 6.45) is 1.37.